The predicted molar refractivity (Wildman–Crippen MR) is 55.1 cm³/mol. The molecule has 0 saturated heterocycles. The summed E-state index contributed by atoms with van der Waals surface area (Å²) >= 11 is 0. The number of aromatic hydroxyl groups is 1. The number of rotatable bonds is 2. The van der Waals surface area contributed by atoms with Gasteiger partial charge in [0.1, 0.15) is 11.9 Å². The van der Waals surface area contributed by atoms with E-state index in [0.29, 0.717) is 5.69 Å². The number of hydrogen-bond donors (Lipinski definition) is 2. The van der Waals surface area contributed by atoms with E-state index in [-0.39, 0.29) is 11.4 Å². The highest BCUT2D eigenvalue weighted by atomic mass is 16.6. The number of benzene rings is 1. The van der Waals surface area contributed by atoms with E-state index in [2.05, 4.69) is 20.3 Å². The molecule has 2 N–H and O–H groups in total. The fraction of sp³-hybridized carbons (Fsp3) is 0.100. The van der Waals surface area contributed by atoms with Crippen molar-refractivity contribution < 1.29 is 14.5 Å². The molecule has 0 aliphatic rings. The van der Waals surface area contributed by atoms with E-state index in [4.69, 9.17) is 0 Å². The summed E-state index contributed by atoms with van der Waals surface area (Å²) in [4.78, 5) is 11.6. The Morgan fingerprint density at radius 2 is 2.31 bits per heavy atom. The molecule has 16 heavy (non-hydrogen) atoms. The van der Waals surface area contributed by atoms with Gasteiger partial charge in [0.25, 0.3) is 5.91 Å². The SMILES string of the molecule is Cc1cc(O)ccc1NC(=O)c1cnon1. The second kappa shape index (κ2) is 4.01. The van der Waals surface area contributed by atoms with E-state index in [1.807, 2.05) is 0 Å². The third-order valence-corrected chi connectivity index (χ3v) is 2.05. The number of aryl methyl sites for hydroxylation is 1. The van der Waals surface area contributed by atoms with Gasteiger partial charge >= 0.3 is 0 Å². The van der Waals surface area contributed by atoms with Crippen LogP contribution in [0.3, 0.4) is 0 Å². The first-order valence-corrected chi connectivity index (χ1v) is 4.55. The van der Waals surface area contributed by atoms with Crippen LogP contribution < -0.4 is 5.32 Å². The molecule has 0 aliphatic heterocycles. The zero-order chi connectivity index (χ0) is 11.5. The van der Waals surface area contributed by atoms with Crippen LogP contribution in [0.15, 0.2) is 29.0 Å². The van der Waals surface area contributed by atoms with Crippen LogP contribution >= 0.6 is 0 Å². The number of nitrogens with zero attached hydrogens (tertiary/aromatic N) is 2. The lowest BCUT2D eigenvalue weighted by Gasteiger charge is -2.06. The highest BCUT2D eigenvalue weighted by molar-refractivity contribution is 6.02. The van der Waals surface area contributed by atoms with Crippen molar-refractivity contribution in [3.63, 3.8) is 0 Å². The monoisotopic (exact) mass is 219 g/mol. The van der Waals surface area contributed by atoms with Crippen LogP contribution in [0.1, 0.15) is 16.1 Å². The van der Waals surface area contributed by atoms with Crippen molar-refractivity contribution in [2.24, 2.45) is 0 Å². The van der Waals surface area contributed by atoms with Crippen molar-refractivity contribution in [1.29, 1.82) is 0 Å². The summed E-state index contributed by atoms with van der Waals surface area (Å²) in [6, 6.07) is 4.65. The van der Waals surface area contributed by atoms with E-state index in [1.165, 1.54) is 12.3 Å². The van der Waals surface area contributed by atoms with E-state index in [1.54, 1.807) is 19.1 Å². The minimum Gasteiger partial charge on any atom is -0.508 e. The van der Waals surface area contributed by atoms with Crippen LogP contribution in [-0.4, -0.2) is 21.3 Å². The molecule has 6 nitrogen and oxygen atoms in total. The highest BCUT2D eigenvalue weighted by Crippen LogP contribution is 2.20. The van der Waals surface area contributed by atoms with Crippen molar-refractivity contribution in [3.05, 3.63) is 35.7 Å². The van der Waals surface area contributed by atoms with Crippen molar-refractivity contribution in [2.45, 2.75) is 6.92 Å². The number of phenolic OH excluding ortho intramolecular Hbond substituents is 1. The van der Waals surface area contributed by atoms with E-state index in [0.717, 1.165) is 5.56 Å². The molecule has 0 fully saturated rings. The van der Waals surface area contributed by atoms with Crippen molar-refractivity contribution in [3.8, 4) is 5.75 Å². The second-order valence-corrected chi connectivity index (χ2v) is 3.25. The Bertz CT molecular complexity index is 508. The lowest BCUT2D eigenvalue weighted by atomic mass is 10.2. The predicted octanol–water partition coefficient (Wildman–Crippen LogP) is 1.34. The van der Waals surface area contributed by atoms with Crippen LogP contribution in [0.4, 0.5) is 5.69 Å². The van der Waals surface area contributed by atoms with Crippen molar-refractivity contribution >= 4 is 11.6 Å². The molecule has 1 aromatic heterocycles. The van der Waals surface area contributed by atoms with Gasteiger partial charge in [-0.05, 0) is 35.8 Å². The Balaban J connectivity index is 2.18. The fourth-order valence-electron chi connectivity index (χ4n) is 1.24. The molecule has 82 valence electrons. The Hall–Kier alpha value is -2.37. The molecule has 0 bridgehead atoms. The quantitative estimate of drug-likeness (QED) is 0.744. The maximum absolute atomic E-state index is 11.6. The zero-order valence-electron chi connectivity index (χ0n) is 8.47. The molecule has 0 radical (unpaired) electrons. The first-order chi connectivity index (χ1) is 7.66. The first-order valence-electron chi connectivity index (χ1n) is 4.55. The first kappa shape index (κ1) is 10.2. The molecule has 1 aromatic carbocycles. The maximum atomic E-state index is 11.6. The van der Waals surface area contributed by atoms with Gasteiger partial charge in [0.05, 0.1) is 0 Å². The zero-order valence-corrected chi connectivity index (χ0v) is 8.47. The van der Waals surface area contributed by atoms with Crippen LogP contribution in [0.2, 0.25) is 0 Å². The molecule has 1 amide bonds. The molecular weight excluding hydrogens is 210 g/mol. The smallest absolute Gasteiger partial charge is 0.279 e. The second-order valence-electron chi connectivity index (χ2n) is 3.25. The number of carbonyl (C=O) groups is 1. The summed E-state index contributed by atoms with van der Waals surface area (Å²) in [6.45, 7) is 1.77. The maximum Gasteiger partial charge on any atom is 0.279 e. The number of anilines is 1. The molecular formula is C10H9N3O3. The number of nitrogens with one attached hydrogen (secondary N) is 1. The van der Waals surface area contributed by atoms with Gasteiger partial charge in [-0.2, -0.15) is 0 Å². The summed E-state index contributed by atoms with van der Waals surface area (Å²) in [5.41, 5.74) is 1.46. The van der Waals surface area contributed by atoms with Gasteiger partial charge in [0.2, 0.25) is 0 Å². The standard InChI is InChI=1S/C10H9N3O3/c1-6-4-7(14)2-3-8(6)12-10(15)9-5-11-16-13-9/h2-5,14H,1H3,(H,12,15). The van der Waals surface area contributed by atoms with Gasteiger partial charge in [0, 0.05) is 5.69 Å². The van der Waals surface area contributed by atoms with E-state index >= 15 is 0 Å². The third kappa shape index (κ3) is 2.00. The molecule has 2 rings (SSSR count). The molecule has 0 unspecified atom stereocenters. The molecule has 0 spiro atoms. The average molecular weight is 219 g/mol. The largest absolute Gasteiger partial charge is 0.508 e. The van der Waals surface area contributed by atoms with Crippen LogP contribution in [0, 0.1) is 6.92 Å². The topological polar surface area (TPSA) is 88.2 Å². The number of carbonyl (C=O) groups excluding carboxylic acids is 1. The van der Waals surface area contributed by atoms with Crippen LogP contribution in [-0.2, 0) is 0 Å². The van der Waals surface area contributed by atoms with Crippen LogP contribution in [0.25, 0.3) is 0 Å². The Labute approximate surface area is 90.9 Å². The average Bonchev–Trinajstić information content (AvgIpc) is 2.75. The fourth-order valence-corrected chi connectivity index (χ4v) is 1.24. The summed E-state index contributed by atoms with van der Waals surface area (Å²) in [5, 5.41) is 18.6. The number of amides is 1. The van der Waals surface area contributed by atoms with Crippen molar-refractivity contribution in [2.75, 3.05) is 5.32 Å². The van der Waals surface area contributed by atoms with Gasteiger partial charge < -0.3 is 10.4 Å². The molecule has 2 aromatic rings. The summed E-state index contributed by atoms with van der Waals surface area (Å²) in [6.07, 6.45) is 1.23. The number of hydrogen-bond acceptors (Lipinski definition) is 5. The van der Waals surface area contributed by atoms with Crippen LogP contribution in [0.5, 0.6) is 5.75 Å². The lowest BCUT2D eigenvalue weighted by molar-refractivity contribution is 0.101. The van der Waals surface area contributed by atoms with Gasteiger partial charge in [-0.3, -0.25) is 4.79 Å². The van der Waals surface area contributed by atoms with Gasteiger partial charge in [0.15, 0.2) is 5.69 Å². The third-order valence-electron chi connectivity index (χ3n) is 2.05. The minimum atomic E-state index is -0.407. The molecule has 0 saturated carbocycles. The summed E-state index contributed by atoms with van der Waals surface area (Å²) in [5.74, 6) is -0.256. The Morgan fingerprint density at radius 1 is 1.50 bits per heavy atom. The van der Waals surface area contributed by atoms with E-state index in [9.17, 15) is 9.90 Å². The number of aromatic nitrogens is 2. The molecule has 0 atom stereocenters. The molecule has 0 aliphatic carbocycles. The number of phenols is 1. The van der Waals surface area contributed by atoms with Crippen molar-refractivity contribution in [1.82, 2.24) is 10.3 Å². The summed E-state index contributed by atoms with van der Waals surface area (Å²) < 4.78 is 4.32. The highest BCUT2D eigenvalue weighted by Gasteiger charge is 2.11. The van der Waals surface area contributed by atoms with Gasteiger partial charge in [-0.15, -0.1) is 0 Å². The van der Waals surface area contributed by atoms with Gasteiger partial charge in [-0.25, -0.2) is 4.63 Å². The Morgan fingerprint density at radius 3 is 2.94 bits per heavy atom. The van der Waals surface area contributed by atoms with Gasteiger partial charge in [-0.1, -0.05) is 5.16 Å². The van der Waals surface area contributed by atoms with E-state index < -0.39 is 5.91 Å². The minimum absolute atomic E-state index is 0.104. The summed E-state index contributed by atoms with van der Waals surface area (Å²) in [7, 11) is 0. The lowest BCUT2D eigenvalue weighted by Crippen LogP contribution is -2.12. The Kier molecular flexibility index (Phi) is 2.55. The normalized spacial score (nSPS) is 10.1. The molecule has 1 heterocycles. The molecule has 6 heteroatoms.